The zero-order valence-corrected chi connectivity index (χ0v) is 17.4. The number of halogens is 2. The van der Waals surface area contributed by atoms with Gasteiger partial charge in [0.1, 0.15) is 0 Å². The predicted octanol–water partition coefficient (Wildman–Crippen LogP) is 6.72. The monoisotopic (exact) mass is 432 g/mol. The molecule has 4 rings (SSSR count). The van der Waals surface area contributed by atoms with Gasteiger partial charge in [-0.25, -0.2) is 0 Å². The van der Waals surface area contributed by atoms with Crippen molar-refractivity contribution in [3.05, 3.63) is 106 Å². The molecule has 0 heterocycles. The van der Waals surface area contributed by atoms with Crippen LogP contribution in [0.2, 0.25) is 10.0 Å². The molecular weight excluding hydrogens is 415 g/mol. The second-order valence-electron chi connectivity index (χ2n) is 6.88. The van der Waals surface area contributed by atoms with Crippen LogP contribution in [0.1, 0.15) is 15.9 Å². The average Bonchev–Trinajstić information content (AvgIpc) is 2.76. The van der Waals surface area contributed by atoms with Crippen LogP contribution in [0, 0.1) is 0 Å². The molecule has 3 nitrogen and oxygen atoms in total. The lowest BCUT2D eigenvalue weighted by molar-refractivity contribution is 0.104. The Morgan fingerprint density at radius 2 is 0.967 bits per heavy atom. The van der Waals surface area contributed by atoms with Crippen LogP contribution in [0.3, 0.4) is 0 Å². The second kappa shape index (κ2) is 8.23. The summed E-state index contributed by atoms with van der Waals surface area (Å²) in [6.45, 7) is 0. The van der Waals surface area contributed by atoms with Crippen LogP contribution in [-0.4, -0.2) is 5.78 Å². The van der Waals surface area contributed by atoms with Gasteiger partial charge in [0.05, 0.1) is 0 Å². The van der Waals surface area contributed by atoms with E-state index in [2.05, 4.69) is 0 Å². The molecule has 0 radical (unpaired) electrons. The fourth-order valence-corrected chi connectivity index (χ4v) is 3.84. The van der Waals surface area contributed by atoms with Crippen molar-refractivity contribution in [1.29, 1.82) is 0 Å². The van der Waals surface area contributed by atoms with E-state index in [9.17, 15) is 4.79 Å². The first kappa shape index (κ1) is 20.0. The smallest absolute Gasteiger partial charge is 0.194 e. The van der Waals surface area contributed by atoms with E-state index < -0.39 is 0 Å². The Balaban J connectivity index is 1.89. The van der Waals surface area contributed by atoms with Crippen LogP contribution < -0.4 is 11.5 Å². The molecular formula is C25H18Cl2N2O. The molecule has 0 aliphatic carbocycles. The number of nitrogen functional groups attached to an aromatic ring is 2. The largest absolute Gasteiger partial charge is 0.398 e. The van der Waals surface area contributed by atoms with Gasteiger partial charge in [0.2, 0.25) is 0 Å². The Labute approximate surface area is 184 Å². The van der Waals surface area contributed by atoms with E-state index in [1.165, 1.54) is 0 Å². The summed E-state index contributed by atoms with van der Waals surface area (Å²) in [5.41, 5.74) is 17.4. The molecule has 4 aromatic carbocycles. The van der Waals surface area contributed by atoms with Crippen molar-refractivity contribution < 1.29 is 4.79 Å². The van der Waals surface area contributed by atoms with Crippen molar-refractivity contribution in [3.8, 4) is 22.3 Å². The van der Waals surface area contributed by atoms with Gasteiger partial charge in [-0.05, 0) is 47.5 Å². The Bertz CT molecular complexity index is 1170. The summed E-state index contributed by atoms with van der Waals surface area (Å²) in [7, 11) is 0. The number of anilines is 2. The Hall–Kier alpha value is -3.27. The van der Waals surface area contributed by atoms with E-state index in [1.54, 1.807) is 48.5 Å². The highest BCUT2D eigenvalue weighted by molar-refractivity contribution is 6.31. The summed E-state index contributed by atoms with van der Waals surface area (Å²) in [5.74, 6) is -0.139. The van der Waals surface area contributed by atoms with Gasteiger partial charge in [-0.3, -0.25) is 4.79 Å². The number of hydrogen-bond donors (Lipinski definition) is 2. The standard InChI is InChI=1S/C25H18Cl2N2O/c26-15-9-11-23(28)21(13-15)17-5-1-3-7-19(17)25(30)20-8-4-2-6-18(20)22-14-16(27)10-12-24(22)29/h1-14H,28-29H2. The quantitative estimate of drug-likeness (QED) is 0.277. The summed E-state index contributed by atoms with van der Waals surface area (Å²) in [6, 6.07) is 25.2. The number of ketones is 1. The highest BCUT2D eigenvalue weighted by Crippen LogP contribution is 2.36. The fraction of sp³-hybridized carbons (Fsp3) is 0. The van der Waals surface area contributed by atoms with Crippen molar-refractivity contribution in [3.63, 3.8) is 0 Å². The number of hydrogen-bond acceptors (Lipinski definition) is 3. The topological polar surface area (TPSA) is 69.1 Å². The van der Waals surface area contributed by atoms with Crippen LogP contribution >= 0.6 is 23.2 Å². The summed E-state index contributed by atoms with van der Waals surface area (Å²) in [4.78, 5) is 13.7. The van der Waals surface area contributed by atoms with Gasteiger partial charge in [0.25, 0.3) is 0 Å². The van der Waals surface area contributed by atoms with Gasteiger partial charge < -0.3 is 11.5 Å². The molecule has 0 bridgehead atoms. The maximum absolute atomic E-state index is 13.7. The third-order valence-corrected chi connectivity index (χ3v) is 5.42. The fourth-order valence-electron chi connectivity index (χ4n) is 3.50. The highest BCUT2D eigenvalue weighted by atomic mass is 35.5. The number of rotatable bonds is 4. The molecule has 148 valence electrons. The molecule has 0 aliphatic rings. The molecule has 0 saturated heterocycles. The van der Waals surface area contributed by atoms with Crippen molar-refractivity contribution >= 4 is 40.4 Å². The number of carbonyl (C=O) groups is 1. The zero-order valence-electron chi connectivity index (χ0n) is 15.9. The summed E-state index contributed by atoms with van der Waals surface area (Å²) >= 11 is 12.4. The third kappa shape index (κ3) is 3.78. The lowest BCUT2D eigenvalue weighted by Crippen LogP contribution is -2.07. The molecule has 0 aliphatic heterocycles. The zero-order chi connectivity index (χ0) is 21.3. The van der Waals surface area contributed by atoms with Gasteiger partial charge >= 0.3 is 0 Å². The molecule has 4 N–H and O–H groups in total. The van der Waals surface area contributed by atoms with Gasteiger partial charge in [0, 0.05) is 43.7 Å². The highest BCUT2D eigenvalue weighted by Gasteiger charge is 2.20. The van der Waals surface area contributed by atoms with Crippen LogP contribution in [0.25, 0.3) is 22.3 Å². The molecule has 30 heavy (non-hydrogen) atoms. The van der Waals surface area contributed by atoms with E-state index in [1.807, 2.05) is 36.4 Å². The minimum atomic E-state index is -0.139. The Morgan fingerprint density at radius 3 is 1.40 bits per heavy atom. The minimum absolute atomic E-state index is 0.139. The minimum Gasteiger partial charge on any atom is -0.398 e. The van der Waals surface area contributed by atoms with Crippen LogP contribution in [0.4, 0.5) is 11.4 Å². The number of nitrogens with two attached hydrogens (primary N) is 2. The molecule has 0 amide bonds. The average molecular weight is 433 g/mol. The summed E-state index contributed by atoms with van der Waals surface area (Å²) in [6.07, 6.45) is 0. The molecule has 4 aromatic rings. The van der Waals surface area contributed by atoms with Gasteiger partial charge in [-0.2, -0.15) is 0 Å². The summed E-state index contributed by atoms with van der Waals surface area (Å²) in [5, 5.41) is 1.10. The van der Waals surface area contributed by atoms with Gasteiger partial charge in [0.15, 0.2) is 5.78 Å². The van der Waals surface area contributed by atoms with Crippen LogP contribution in [0.15, 0.2) is 84.9 Å². The molecule has 0 atom stereocenters. The lowest BCUT2D eigenvalue weighted by Gasteiger charge is -2.15. The normalized spacial score (nSPS) is 10.7. The molecule has 5 heteroatoms. The third-order valence-electron chi connectivity index (χ3n) is 4.95. The molecule has 0 aromatic heterocycles. The van der Waals surface area contributed by atoms with E-state index in [-0.39, 0.29) is 5.78 Å². The number of carbonyl (C=O) groups excluding carboxylic acids is 1. The molecule has 0 fully saturated rings. The lowest BCUT2D eigenvalue weighted by atomic mass is 9.89. The van der Waals surface area contributed by atoms with E-state index in [0.717, 1.165) is 11.1 Å². The molecule has 0 unspecified atom stereocenters. The van der Waals surface area contributed by atoms with E-state index >= 15 is 0 Å². The van der Waals surface area contributed by atoms with Crippen molar-refractivity contribution in [2.24, 2.45) is 0 Å². The molecule has 0 spiro atoms. The number of benzene rings is 4. The first-order valence-electron chi connectivity index (χ1n) is 9.29. The maximum Gasteiger partial charge on any atom is 0.194 e. The van der Waals surface area contributed by atoms with Gasteiger partial charge in [-0.15, -0.1) is 0 Å². The second-order valence-corrected chi connectivity index (χ2v) is 7.76. The summed E-state index contributed by atoms with van der Waals surface area (Å²) < 4.78 is 0. The van der Waals surface area contributed by atoms with Crippen LogP contribution in [-0.2, 0) is 0 Å². The Kier molecular flexibility index (Phi) is 5.49. The van der Waals surface area contributed by atoms with Gasteiger partial charge in [-0.1, -0.05) is 71.7 Å². The first-order valence-corrected chi connectivity index (χ1v) is 10.0. The SMILES string of the molecule is Nc1ccc(Cl)cc1-c1ccccc1C(=O)c1ccccc1-c1cc(Cl)ccc1N. The van der Waals surface area contributed by atoms with E-state index in [4.69, 9.17) is 34.7 Å². The Morgan fingerprint density at radius 1 is 0.567 bits per heavy atom. The van der Waals surface area contributed by atoms with Crippen molar-refractivity contribution in [1.82, 2.24) is 0 Å². The predicted molar refractivity (Wildman–Crippen MR) is 126 cm³/mol. The van der Waals surface area contributed by atoms with Crippen molar-refractivity contribution in [2.75, 3.05) is 11.5 Å². The van der Waals surface area contributed by atoms with Crippen molar-refractivity contribution in [2.45, 2.75) is 0 Å². The maximum atomic E-state index is 13.7. The first-order chi connectivity index (χ1) is 14.5. The van der Waals surface area contributed by atoms with Crippen LogP contribution in [0.5, 0.6) is 0 Å². The van der Waals surface area contributed by atoms with E-state index in [0.29, 0.717) is 43.7 Å². The molecule has 0 saturated carbocycles.